The van der Waals surface area contributed by atoms with Crippen LogP contribution in [0.25, 0.3) is 27.4 Å². The number of aliphatic hydroxyl groups excluding tert-OH is 1. The molecule has 1 amide bonds. The van der Waals surface area contributed by atoms with Gasteiger partial charge in [-0.2, -0.15) is 0 Å². The Hall–Kier alpha value is -4.64. The fourth-order valence-electron chi connectivity index (χ4n) is 5.37. The van der Waals surface area contributed by atoms with Crippen LogP contribution in [0, 0.1) is 0 Å². The first-order valence-electron chi connectivity index (χ1n) is 12.4. The molecule has 1 aliphatic rings. The Morgan fingerprint density at radius 3 is 2.32 bits per heavy atom. The number of nitrogens with zero attached hydrogens (tertiary/aromatic N) is 2. The zero-order valence-corrected chi connectivity index (χ0v) is 20.7. The highest BCUT2D eigenvalue weighted by atomic mass is 16.3. The number of hydrogen-bond donors (Lipinski definition) is 1. The van der Waals surface area contributed by atoms with E-state index in [1.54, 1.807) is 6.07 Å². The average Bonchev–Trinajstić information content (AvgIpc) is 3.41. The van der Waals surface area contributed by atoms with Crippen molar-refractivity contribution in [2.75, 3.05) is 4.90 Å². The molecule has 4 aromatic carbocycles. The predicted molar refractivity (Wildman–Crippen MR) is 147 cm³/mol. The standard InChI is InChI=1S/C32H26N2O3/c1-3-20-12-16-24(17-13-20)34-29(26-19-33(2)27-11-7-6-10-25(26)27)28(31(36)32(34)37)30(35)23-15-14-21-8-4-5-9-22(21)18-23/h4-19,29,35H,3H2,1-2H3/b30-28+. The lowest BCUT2D eigenvalue weighted by molar-refractivity contribution is -0.132. The molecule has 0 aliphatic carbocycles. The molecule has 1 atom stereocenters. The SMILES string of the molecule is CCc1ccc(N2C(=O)C(=O)/C(=C(/O)c3ccc4ccccc4c3)C2c2cn(C)c3ccccc23)cc1. The van der Waals surface area contributed by atoms with Gasteiger partial charge in [0.2, 0.25) is 0 Å². The average molecular weight is 487 g/mol. The zero-order valence-electron chi connectivity index (χ0n) is 20.7. The number of aliphatic hydroxyl groups is 1. The zero-order chi connectivity index (χ0) is 25.7. The molecule has 0 spiro atoms. The third-order valence-electron chi connectivity index (χ3n) is 7.31. The van der Waals surface area contributed by atoms with Crippen molar-refractivity contribution in [2.24, 2.45) is 7.05 Å². The van der Waals surface area contributed by atoms with E-state index in [0.29, 0.717) is 11.3 Å². The number of carbonyl (C=O) groups is 2. The van der Waals surface area contributed by atoms with E-state index in [0.717, 1.165) is 39.2 Å². The Bertz CT molecular complexity index is 1730. The van der Waals surface area contributed by atoms with E-state index in [4.69, 9.17) is 0 Å². The molecule has 1 N–H and O–H groups in total. The van der Waals surface area contributed by atoms with Gasteiger partial charge in [-0.3, -0.25) is 14.5 Å². The smallest absolute Gasteiger partial charge is 0.300 e. The molecule has 0 radical (unpaired) electrons. The van der Waals surface area contributed by atoms with Crippen LogP contribution in [0.1, 0.15) is 29.7 Å². The number of para-hydroxylation sites is 1. The molecule has 5 nitrogen and oxygen atoms in total. The van der Waals surface area contributed by atoms with Crippen LogP contribution < -0.4 is 4.90 Å². The van der Waals surface area contributed by atoms with E-state index >= 15 is 0 Å². The number of rotatable bonds is 4. The number of hydrogen-bond acceptors (Lipinski definition) is 3. The Morgan fingerprint density at radius 1 is 0.865 bits per heavy atom. The van der Waals surface area contributed by atoms with Crippen molar-refractivity contribution in [3.05, 3.63) is 119 Å². The molecule has 1 unspecified atom stereocenters. The molecule has 5 heteroatoms. The number of Topliss-reactive ketones (excluding diaryl/α,β-unsaturated/α-hetero) is 1. The first-order chi connectivity index (χ1) is 18.0. The number of anilines is 1. The van der Waals surface area contributed by atoms with Crippen molar-refractivity contribution in [1.29, 1.82) is 0 Å². The molecule has 1 saturated heterocycles. The molecule has 6 rings (SSSR count). The molecule has 1 aromatic heterocycles. The molecule has 0 saturated carbocycles. The van der Waals surface area contributed by atoms with Gasteiger partial charge in [-0.05, 0) is 47.0 Å². The van der Waals surface area contributed by atoms with Crippen molar-refractivity contribution in [3.8, 4) is 0 Å². The van der Waals surface area contributed by atoms with Gasteiger partial charge in [0, 0.05) is 41.0 Å². The van der Waals surface area contributed by atoms with Crippen molar-refractivity contribution in [2.45, 2.75) is 19.4 Å². The number of ketones is 1. The third kappa shape index (κ3) is 3.62. The number of benzene rings is 4. The summed E-state index contributed by atoms with van der Waals surface area (Å²) in [5.41, 5.74) is 4.13. The summed E-state index contributed by atoms with van der Waals surface area (Å²) in [6.45, 7) is 2.07. The summed E-state index contributed by atoms with van der Waals surface area (Å²) in [7, 11) is 1.94. The fraction of sp³-hybridized carbons (Fsp3) is 0.125. The number of aryl methyl sites for hydroxylation is 2. The quantitative estimate of drug-likeness (QED) is 0.179. The lowest BCUT2D eigenvalue weighted by Crippen LogP contribution is -2.29. The van der Waals surface area contributed by atoms with E-state index in [2.05, 4.69) is 6.92 Å². The van der Waals surface area contributed by atoms with E-state index in [1.807, 2.05) is 103 Å². The normalized spacial score (nSPS) is 17.2. The summed E-state index contributed by atoms with van der Waals surface area (Å²) in [4.78, 5) is 28.7. The van der Waals surface area contributed by atoms with E-state index in [1.165, 1.54) is 4.90 Å². The molecular weight excluding hydrogens is 460 g/mol. The van der Waals surface area contributed by atoms with Crippen molar-refractivity contribution in [3.63, 3.8) is 0 Å². The molecule has 182 valence electrons. The number of aromatic nitrogens is 1. The molecule has 1 aliphatic heterocycles. The van der Waals surface area contributed by atoms with Crippen LogP contribution in [0.4, 0.5) is 5.69 Å². The summed E-state index contributed by atoms with van der Waals surface area (Å²) < 4.78 is 1.99. The Labute approximate surface area is 214 Å². The number of fused-ring (bicyclic) bond motifs is 2. The second-order valence-electron chi connectivity index (χ2n) is 9.46. The van der Waals surface area contributed by atoms with E-state index in [9.17, 15) is 14.7 Å². The van der Waals surface area contributed by atoms with Gasteiger partial charge in [0.1, 0.15) is 5.76 Å². The highest BCUT2D eigenvalue weighted by Gasteiger charge is 2.47. The van der Waals surface area contributed by atoms with Crippen LogP contribution in [0.5, 0.6) is 0 Å². The lowest BCUT2D eigenvalue weighted by Gasteiger charge is -2.25. The maximum Gasteiger partial charge on any atom is 0.300 e. The summed E-state index contributed by atoms with van der Waals surface area (Å²) >= 11 is 0. The van der Waals surface area contributed by atoms with Gasteiger partial charge in [-0.15, -0.1) is 0 Å². The molecule has 2 heterocycles. The Balaban J connectivity index is 1.61. The summed E-state index contributed by atoms with van der Waals surface area (Å²) in [6, 6.07) is 28.2. The van der Waals surface area contributed by atoms with Gasteiger partial charge in [-0.1, -0.05) is 73.7 Å². The molecule has 37 heavy (non-hydrogen) atoms. The summed E-state index contributed by atoms with van der Waals surface area (Å²) in [5, 5.41) is 14.5. The minimum absolute atomic E-state index is 0.0937. The first-order valence-corrected chi connectivity index (χ1v) is 12.4. The summed E-state index contributed by atoms with van der Waals surface area (Å²) in [5.74, 6) is -1.51. The van der Waals surface area contributed by atoms with Crippen molar-refractivity contribution in [1.82, 2.24) is 4.57 Å². The largest absolute Gasteiger partial charge is 0.507 e. The predicted octanol–water partition coefficient (Wildman–Crippen LogP) is 6.52. The topological polar surface area (TPSA) is 62.5 Å². The maximum atomic E-state index is 13.6. The van der Waals surface area contributed by atoms with Gasteiger partial charge < -0.3 is 9.67 Å². The minimum atomic E-state index is -0.773. The fourth-order valence-corrected chi connectivity index (χ4v) is 5.37. The van der Waals surface area contributed by atoms with Crippen molar-refractivity contribution < 1.29 is 14.7 Å². The number of carbonyl (C=O) groups excluding carboxylic acids is 2. The monoisotopic (exact) mass is 486 g/mol. The lowest BCUT2D eigenvalue weighted by atomic mass is 9.94. The second-order valence-corrected chi connectivity index (χ2v) is 9.46. The summed E-state index contributed by atoms with van der Waals surface area (Å²) in [6.07, 6.45) is 2.82. The van der Waals surface area contributed by atoms with Crippen LogP contribution in [0.2, 0.25) is 0 Å². The van der Waals surface area contributed by atoms with Crippen LogP contribution >= 0.6 is 0 Å². The maximum absolute atomic E-state index is 13.6. The van der Waals surface area contributed by atoms with Crippen LogP contribution in [0.15, 0.2) is 103 Å². The van der Waals surface area contributed by atoms with Gasteiger partial charge in [0.15, 0.2) is 0 Å². The van der Waals surface area contributed by atoms with Gasteiger partial charge >= 0.3 is 0 Å². The van der Waals surface area contributed by atoms with E-state index in [-0.39, 0.29) is 11.3 Å². The molecule has 5 aromatic rings. The van der Waals surface area contributed by atoms with Crippen LogP contribution in [-0.2, 0) is 23.1 Å². The minimum Gasteiger partial charge on any atom is -0.507 e. The van der Waals surface area contributed by atoms with Crippen LogP contribution in [-0.4, -0.2) is 21.4 Å². The second kappa shape index (κ2) is 8.79. The van der Waals surface area contributed by atoms with Gasteiger partial charge in [-0.25, -0.2) is 0 Å². The third-order valence-corrected chi connectivity index (χ3v) is 7.31. The van der Waals surface area contributed by atoms with Crippen LogP contribution in [0.3, 0.4) is 0 Å². The highest BCUT2D eigenvalue weighted by Crippen LogP contribution is 2.44. The Kier molecular flexibility index (Phi) is 5.41. The molecule has 0 bridgehead atoms. The van der Waals surface area contributed by atoms with Crippen molar-refractivity contribution >= 4 is 44.8 Å². The first kappa shape index (κ1) is 22.8. The number of amides is 1. The van der Waals surface area contributed by atoms with E-state index < -0.39 is 17.7 Å². The Morgan fingerprint density at radius 2 is 1.57 bits per heavy atom. The molecule has 1 fully saturated rings. The highest BCUT2D eigenvalue weighted by molar-refractivity contribution is 6.52. The van der Waals surface area contributed by atoms with Gasteiger partial charge in [0.25, 0.3) is 11.7 Å². The molecular formula is C32H26N2O3. The van der Waals surface area contributed by atoms with Gasteiger partial charge in [0.05, 0.1) is 11.6 Å².